The summed E-state index contributed by atoms with van der Waals surface area (Å²) in [4.78, 5) is 0. The average Bonchev–Trinajstić information content (AvgIpc) is 2.47. The quantitative estimate of drug-likeness (QED) is 0.894. The van der Waals surface area contributed by atoms with E-state index >= 15 is 0 Å². The van der Waals surface area contributed by atoms with E-state index in [1.165, 1.54) is 11.1 Å². The van der Waals surface area contributed by atoms with Crippen LogP contribution in [0.3, 0.4) is 0 Å². The van der Waals surface area contributed by atoms with Crippen LogP contribution in [-0.2, 0) is 0 Å². The molecular weight excluding hydrogens is 302 g/mol. The van der Waals surface area contributed by atoms with Gasteiger partial charge in [-0.05, 0) is 30.8 Å². The first kappa shape index (κ1) is 12.7. The molecule has 0 saturated heterocycles. The Kier molecular flexibility index (Phi) is 3.58. The van der Waals surface area contributed by atoms with E-state index in [1.54, 1.807) is 0 Å². The third-order valence-corrected chi connectivity index (χ3v) is 4.08. The monoisotopic (exact) mass is 317 g/mol. The summed E-state index contributed by atoms with van der Waals surface area (Å²) < 4.78 is 7.24. The van der Waals surface area contributed by atoms with Gasteiger partial charge in [0.15, 0.2) is 0 Å². The number of fused-ring (bicyclic) bond motifs is 1. The standard InChI is InChI=1S/C16H16BrNO/c1-18-14-10-16(11-5-3-2-4-6-11)19-15-8-7-12(17)9-13(14)15/h2-9,14,16,18H,10H2,1H3. The highest BCUT2D eigenvalue weighted by molar-refractivity contribution is 9.10. The van der Waals surface area contributed by atoms with Crippen LogP contribution < -0.4 is 10.1 Å². The molecule has 1 aliphatic heterocycles. The fourth-order valence-electron chi connectivity index (χ4n) is 2.59. The van der Waals surface area contributed by atoms with Crippen LogP contribution >= 0.6 is 15.9 Å². The molecule has 2 unspecified atom stereocenters. The Labute approximate surface area is 121 Å². The van der Waals surface area contributed by atoms with Gasteiger partial charge in [-0.1, -0.05) is 46.3 Å². The summed E-state index contributed by atoms with van der Waals surface area (Å²) in [5.74, 6) is 0.975. The first-order valence-corrected chi connectivity index (χ1v) is 7.25. The topological polar surface area (TPSA) is 21.3 Å². The van der Waals surface area contributed by atoms with Crippen LogP contribution in [-0.4, -0.2) is 7.05 Å². The second-order valence-corrected chi connectivity index (χ2v) is 5.69. The molecule has 2 aromatic rings. The van der Waals surface area contributed by atoms with Crippen LogP contribution in [0.2, 0.25) is 0 Å². The van der Waals surface area contributed by atoms with E-state index in [0.717, 1.165) is 16.6 Å². The predicted octanol–water partition coefficient (Wildman–Crippen LogP) is 4.23. The maximum Gasteiger partial charge on any atom is 0.126 e. The molecule has 2 aromatic carbocycles. The molecule has 0 radical (unpaired) electrons. The van der Waals surface area contributed by atoms with Crippen molar-refractivity contribution in [2.24, 2.45) is 0 Å². The minimum Gasteiger partial charge on any atom is -0.485 e. The summed E-state index contributed by atoms with van der Waals surface area (Å²) in [5, 5.41) is 3.39. The lowest BCUT2D eigenvalue weighted by Gasteiger charge is -2.32. The van der Waals surface area contributed by atoms with Crippen LogP contribution in [0.4, 0.5) is 0 Å². The van der Waals surface area contributed by atoms with E-state index in [-0.39, 0.29) is 6.10 Å². The van der Waals surface area contributed by atoms with Gasteiger partial charge in [-0.25, -0.2) is 0 Å². The van der Waals surface area contributed by atoms with E-state index in [0.29, 0.717) is 6.04 Å². The highest BCUT2D eigenvalue weighted by Gasteiger charge is 2.28. The normalized spacial score (nSPS) is 21.6. The van der Waals surface area contributed by atoms with Gasteiger partial charge in [0.25, 0.3) is 0 Å². The molecule has 0 aromatic heterocycles. The van der Waals surface area contributed by atoms with Gasteiger partial charge in [0.1, 0.15) is 11.9 Å². The summed E-state index contributed by atoms with van der Waals surface area (Å²) in [6.45, 7) is 0. The Morgan fingerprint density at radius 3 is 2.68 bits per heavy atom. The Balaban J connectivity index is 1.96. The molecule has 1 N–H and O–H groups in total. The number of ether oxygens (including phenoxy) is 1. The number of rotatable bonds is 2. The minimum atomic E-state index is 0.118. The summed E-state index contributed by atoms with van der Waals surface area (Å²) in [5.41, 5.74) is 2.46. The van der Waals surface area contributed by atoms with E-state index in [1.807, 2.05) is 25.2 Å². The number of hydrogen-bond donors (Lipinski definition) is 1. The van der Waals surface area contributed by atoms with Gasteiger partial charge in [-0.3, -0.25) is 0 Å². The zero-order valence-corrected chi connectivity index (χ0v) is 12.4. The molecule has 0 bridgehead atoms. The maximum atomic E-state index is 6.14. The molecule has 19 heavy (non-hydrogen) atoms. The van der Waals surface area contributed by atoms with Crippen molar-refractivity contribution in [1.29, 1.82) is 0 Å². The molecule has 3 rings (SSSR count). The summed E-state index contributed by atoms with van der Waals surface area (Å²) in [7, 11) is 2.00. The van der Waals surface area contributed by atoms with Gasteiger partial charge in [-0.15, -0.1) is 0 Å². The van der Waals surface area contributed by atoms with Crippen LogP contribution in [0.25, 0.3) is 0 Å². The molecule has 3 heteroatoms. The Morgan fingerprint density at radius 1 is 1.16 bits per heavy atom. The third kappa shape index (κ3) is 2.53. The van der Waals surface area contributed by atoms with Gasteiger partial charge >= 0.3 is 0 Å². The van der Waals surface area contributed by atoms with Crippen LogP contribution in [0.5, 0.6) is 5.75 Å². The second kappa shape index (κ2) is 5.35. The average molecular weight is 318 g/mol. The Bertz CT molecular complexity index is 570. The van der Waals surface area contributed by atoms with Crippen molar-refractivity contribution < 1.29 is 4.74 Å². The molecule has 1 heterocycles. The van der Waals surface area contributed by atoms with Gasteiger partial charge in [0, 0.05) is 22.5 Å². The molecule has 0 spiro atoms. The maximum absolute atomic E-state index is 6.14. The first-order valence-electron chi connectivity index (χ1n) is 6.46. The second-order valence-electron chi connectivity index (χ2n) is 4.78. The van der Waals surface area contributed by atoms with Gasteiger partial charge in [0.05, 0.1) is 0 Å². The van der Waals surface area contributed by atoms with Crippen molar-refractivity contribution in [3.05, 3.63) is 64.1 Å². The molecule has 98 valence electrons. The number of hydrogen-bond acceptors (Lipinski definition) is 2. The van der Waals surface area contributed by atoms with Crippen LogP contribution in [0.15, 0.2) is 53.0 Å². The molecule has 1 aliphatic rings. The van der Waals surface area contributed by atoms with E-state index in [9.17, 15) is 0 Å². The van der Waals surface area contributed by atoms with Crippen molar-refractivity contribution in [2.75, 3.05) is 7.05 Å². The van der Waals surface area contributed by atoms with Crippen molar-refractivity contribution in [3.8, 4) is 5.75 Å². The van der Waals surface area contributed by atoms with E-state index < -0.39 is 0 Å². The summed E-state index contributed by atoms with van der Waals surface area (Å²) >= 11 is 3.52. The zero-order valence-electron chi connectivity index (χ0n) is 10.8. The van der Waals surface area contributed by atoms with Gasteiger partial charge < -0.3 is 10.1 Å². The Hall–Kier alpha value is -1.32. The van der Waals surface area contributed by atoms with Crippen molar-refractivity contribution in [3.63, 3.8) is 0 Å². The first-order chi connectivity index (χ1) is 9.28. The lowest BCUT2D eigenvalue weighted by atomic mass is 9.93. The summed E-state index contributed by atoms with van der Waals surface area (Å²) in [6.07, 6.45) is 1.07. The molecule has 0 fully saturated rings. The minimum absolute atomic E-state index is 0.118. The number of nitrogens with one attached hydrogen (secondary N) is 1. The molecule has 0 saturated carbocycles. The van der Waals surface area contributed by atoms with Crippen molar-refractivity contribution in [2.45, 2.75) is 18.6 Å². The predicted molar refractivity (Wildman–Crippen MR) is 80.4 cm³/mol. The fraction of sp³-hybridized carbons (Fsp3) is 0.250. The molecule has 2 nitrogen and oxygen atoms in total. The van der Waals surface area contributed by atoms with Gasteiger partial charge in [0.2, 0.25) is 0 Å². The SMILES string of the molecule is CNC1CC(c2ccccc2)Oc2ccc(Br)cc21. The highest BCUT2D eigenvalue weighted by Crippen LogP contribution is 2.41. The Morgan fingerprint density at radius 2 is 1.95 bits per heavy atom. The lowest BCUT2D eigenvalue weighted by Crippen LogP contribution is -2.26. The summed E-state index contributed by atoms with van der Waals surface area (Å²) in [6, 6.07) is 16.9. The van der Waals surface area contributed by atoms with Crippen LogP contribution in [0.1, 0.15) is 29.7 Å². The smallest absolute Gasteiger partial charge is 0.126 e. The molecular formula is C16H16BrNO. The largest absolute Gasteiger partial charge is 0.485 e. The zero-order chi connectivity index (χ0) is 13.2. The lowest BCUT2D eigenvalue weighted by molar-refractivity contribution is 0.154. The van der Waals surface area contributed by atoms with E-state index in [4.69, 9.17) is 4.74 Å². The van der Waals surface area contributed by atoms with Gasteiger partial charge in [-0.2, -0.15) is 0 Å². The molecule has 0 aliphatic carbocycles. The number of halogens is 1. The van der Waals surface area contributed by atoms with Crippen molar-refractivity contribution >= 4 is 15.9 Å². The van der Waals surface area contributed by atoms with Crippen LogP contribution in [0, 0.1) is 0 Å². The third-order valence-electron chi connectivity index (χ3n) is 3.59. The highest BCUT2D eigenvalue weighted by atomic mass is 79.9. The van der Waals surface area contributed by atoms with Crippen molar-refractivity contribution in [1.82, 2.24) is 5.32 Å². The fourth-order valence-corrected chi connectivity index (χ4v) is 2.97. The molecule has 2 atom stereocenters. The van der Waals surface area contributed by atoms with E-state index in [2.05, 4.69) is 51.6 Å². The number of benzene rings is 2. The molecule has 0 amide bonds.